The van der Waals surface area contributed by atoms with Gasteiger partial charge < -0.3 is 4.74 Å². The molecule has 0 N–H and O–H groups in total. The summed E-state index contributed by atoms with van der Waals surface area (Å²) in [5.41, 5.74) is 0. The Morgan fingerprint density at radius 2 is 1.45 bits per heavy atom. The average Bonchev–Trinajstić information content (AvgIpc) is 2.52. The number of hydrogen-bond acceptors (Lipinski definition) is 2. The molecule has 0 aromatic rings. The van der Waals surface area contributed by atoms with E-state index in [9.17, 15) is 4.79 Å². The van der Waals surface area contributed by atoms with Gasteiger partial charge in [0, 0.05) is 11.8 Å². The number of halogens is 1. The number of carbonyl (C=O) groups is 1. The molecule has 0 radical (unpaired) electrons. The van der Waals surface area contributed by atoms with Gasteiger partial charge in [-0.3, -0.25) is 4.79 Å². The molecule has 0 spiro atoms. The minimum absolute atomic E-state index is 0.0123. The number of alkyl halides is 1. The van der Waals surface area contributed by atoms with Gasteiger partial charge in [-0.2, -0.15) is 0 Å². The van der Waals surface area contributed by atoms with Gasteiger partial charge in [-0.05, 0) is 32.1 Å². The van der Waals surface area contributed by atoms with E-state index in [0.717, 1.165) is 31.0 Å². The summed E-state index contributed by atoms with van der Waals surface area (Å²) in [6.07, 6.45) is 16.4. The number of ether oxygens (including phenoxy) is 1. The van der Waals surface area contributed by atoms with Crippen LogP contribution < -0.4 is 0 Å². The average molecular weight is 377 g/mol. The van der Waals surface area contributed by atoms with Gasteiger partial charge in [0.05, 0.1) is 0 Å². The minimum Gasteiger partial charge on any atom is -0.462 e. The van der Waals surface area contributed by atoms with Crippen LogP contribution in [-0.2, 0) is 9.53 Å². The molecule has 0 saturated carbocycles. The van der Waals surface area contributed by atoms with E-state index in [1.807, 2.05) is 0 Å². The third-order valence-electron chi connectivity index (χ3n) is 4.15. The minimum atomic E-state index is 0.0123. The van der Waals surface area contributed by atoms with Gasteiger partial charge in [-0.25, -0.2) is 0 Å². The van der Waals surface area contributed by atoms with Crippen molar-refractivity contribution >= 4 is 21.9 Å². The van der Waals surface area contributed by atoms with Crippen molar-refractivity contribution in [3.8, 4) is 0 Å². The summed E-state index contributed by atoms with van der Waals surface area (Å²) in [7, 11) is 0. The first-order valence-corrected chi connectivity index (χ1v) is 10.6. The fraction of sp³-hybridized carbons (Fsp3) is 0.947. The fourth-order valence-electron chi connectivity index (χ4n) is 2.64. The summed E-state index contributed by atoms with van der Waals surface area (Å²) in [6.45, 7) is 4.36. The van der Waals surface area contributed by atoms with Gasteiger partial charge in [0.25, 0.3) is 0 Å². The fourth-order valence-corrected chi connectivity index (χ4v) is 3.03. The summed E-state index contributed by atoms with van der Waals surface area (Å²) >= 11 is 3.44. The zero-order chi connectivity index (χ0) is 16.5. The van der Waals surface area contributed by atoms with Crippen LogP contribution in [0.15, 0.2) is 0 Å². The van der Waals surface area contributed by atoms with E-state index in [4.69, 9.17) is 4.74 Å². The lowest BCUT2D eigenvalue weighted by molar-refractivity contribution is -0.149. The third-order valence-corrected chi connectivity index (χ3v) is 4.71. The van der Waals surface area contributed by atoms with Crippen LogP contribution in [0.5, 0.6) is 0 Å². The van der Waals surface area contributed by atoms with Crippen LogP contribution in [0.3, 0.4) is 0 Å². The van der Waals surface area contributed by atoms with E-state index in [-0.39, 0.29) is 12.1 Å². The SMILES string of the molecule is CCCCCCCC[C@@H](CC)OC(=O)CCCCCCCBr. The van der Waals surface area contributed by atoms with Gasteiger partial charge in [0.2, 0.25) is 0 Å². The molecule has 132 valence electrons. The largest absolute Gasteiger partial charge is 0.462 e. The highest BCUT2D eigenvalue weighted by Gasteiger charge is 2.11. The van der Waals surface area contributed by atoms with Gasteiger partial charge in [0.1, 0.15) is 6.10 Å². The van der Waals surface area contributed by atoms with E-state index >= 15 is 0 Å². The Morgan fingerprint density at radius 3 is 2.09 bits per heavy atom. The van der Waals surface area contributed by atoms with Crippen molar-refractivity contribution < 1.29 is 9.53 Å². The molecule has 22 heavy (non-hydrogen) atoms. The molecule has 0 heterocycles. The smallest absolute Gasteiger partial charge is 0.306 e. The Hall–Kier alpha value is -0.0500. The summed E-state index contributed by atoms with van der Waals surface area (Å²) in [5, 5.41) is 1.09. The van der Waals surface area contributed by atoms with Crippen molar-refractivity contribution in [3.05, 3.63) is 0 Å². The van der Waals surface area contributed by atoms with Crippen molar-refractivity contribution in [3.63, 3.8) is 0 Å². The van der Waals surface area contributed by atoms with Crippen molar-refractivity contribution in [2.24, 2.45) is 0 Å². The van der Waals surface area contributed by atoms with Crippen LogP contribution >= 0.6 is 15.9 Å². The quantitative estimate of drug-likeness (QED) is 0.168. The number of hydrogen-bond donors (Lipinski definition) is 0. The topological polar surface area (TPSA) is 26.3 Å². The molecular weight excluding hydrogens is 340 g/mol. The maximum atomic E-state index is 11.8. The van der Waals surface area contributed by atoms with Gasteiger partial charge in [-0.15, -0.1) is 0 Å². The molecule has 1 atom stereocenters. The standard InChI is InChI=1S/C19H37BrO2/c1-3-5-6-7-9-12-15-18(4-2)22-19(21)16-13-10-8-11-14-17-20/h18H,3-17H2,1-2H3/t18-/m1/s1. The Labute approximate surface area is 146 Å². The Bertz CT molecular complexity index is 244. The van der Waals surface area contributed by atoms with Gasteiger partial charge in [0.15, 0.2) is 0 Å². The highest BCUT2D eigenvalue weighted by molar-refractivity contribution is 9.09. The van der Waals surface area contributed by atoms with Crippen LogP contribution in [0.25, 0.3) is 0 Å². The predicted octanol–water partition coefficient (Wildman–Crippen LogP) is 6.79. The molecule has 0 aliphatic rings. The number of esters is 1. The zero-order valence-corrected chi connectivity index (χ0v) is 16.5. The van der Waals surface area contributed by atoms with Crippen molar-refractivity contribution in [2.45, 2.75) is 110 Å². The van der Waals surface area contributed by atoms with Crippen LogP contribution in [0.1, 0.15) is 104 Å². The molecule has 0 unspecified atom stereocenters. The Morgan fingerprint density at radius 1 is 0.864 bits per heavy atom. The van der Waals surface area contributed by atoms with E-state index in [2.05, 4.69) is 29.8 Å². The van der Waals surface area contributed by atoms with Crippen LogP contribution in [-0.4, -0.2) is 17.4 Å². The summed E-state index contributed by atoms with van der Waals surface area (Å²) in [5.74, 6) is 0.0123. The molecule has 0 rings (SSSR count). The monoisotopic (exact) mass is 376 g/mol. The summed E-state index contributed by atoms with van der Waals surface area (Å²) in [6, 6.07) is 0. The maximum absolute atomic E-state index is 11.8. The van der Waals surface area contributed by atoms with E-state index < -0.39 is 0 Å². The second kappa shape index (κ2) is 17.3. The molecule has 0 fully saturated rings. The maximum Gasteiger partial charge on any atom is 0.306 e. The molecule has 0 aliphatic carbocycles. The number of carbonyl (C=O) groups excluding carboxylic acids is 1. The first kappa shape index (κ1) is 21.9. The normalized spacial score (nSPS) is 12.3. The molecule has 0 aromatic heterocycles. The molecule has 0 amide bonds. The zero-order valence-electron chi connectivity index (χ0n) is 14.9. The molecule has 3 heteroatoms. The second-order valence-corrected chi connectivity index (χ2v) is 7.08. The lowest BCUT2D eigenvalue weighted by Crippen LogP contribution is -2.17. The Balaban J connectivity index is 3.54. The lowest BCUT2D eigenvalue weighted by Gasteiger charge is -2.16. The van der Waals surface area contributed by atoms with E-state index in [1.165, 1.54) is 57.8 Å². The van der Waals surface area contributed by atoms with E-state index in [1.54, 1.807) is 0 Å². The number of rotatable bonds is 16. The first-order chi connectivity index (χ1) is 10.7. The molecule has 0 aliphatic heterocycles. The second-order valence-electron chi connectivity index (χ2n) is 6.28. The lowest BCUT2D eigenvalue weighted by atomic mass is 10.1. The van der Waals surface area contributed by atoms with E-state index in [0.29, 0.717) is 6.42 Å². The summed E-state index contributed by atoms with van der Waals surface area (Å²) in [4.78, 5) is 11.8. The molecule has 0 saturated heterocycles. The molecule has 0 aromatic carbocycles. The van der Waals surface area contributed by atoms with Crippen LogP contribution in [0.4, 0.5) is 0 Å². The van der Waals surface area contributed by atoms with Crippen LogP contribution in [0.2, 0.25) is 0 Å². The first-order valence-electron chi connectivity index (χ1n) is 9.50. The van der Waals surface area contributed by atoms with Gasteiger partial charge in [-0.1, -0.05) is 81.1 Å². The molecular formula is C19H37BrO2. The van der Waals surface area contributed by atoms with Gasteiger partial charge >= 0.3 is 5.97 Å². The summed E-state index contributed by atoms with van der Waals surface area (Å²) < 4.78 is 5.61. The van der Waals surface area contributed by atoms with Crippen molar-refractivity contribution in [2.75, 3.05) is 5.33 Å². The third kappa shape index (κ3) is 14.9. The highest BCUT2D eigenvalue weighted by Crippen LogP contribution is 2.14. The van der Waals surface area contributed by atoms with Crippen molar-refractivity contribution in [1.82, 2.24) is 0 Å². The predicted molar refractivity (Wildman–Crippen MR) is 99.7 cm³/mol. The molecule has 2 nitrogen and oxygen atoms in total. The van der Waals surface area contributed by atoms with Crippen LogP contribution in [0, 0.1) is 0 Å². The Kier molecular flexibility index (Phi) is 17.3. The number of unbranched alkanes of at least 4 members (excludes halogenated alkanes) is 9. The van der Waals surface area contributed by atoms with Crippen molar-refractivity contribution in [1.29, 1.82) is 0 Å². The molecule has 0 bridgehead atoms. The highest BCUT2D eigenvalue weighted by atomic mass is 79.9.